The van der Waals surface area contributed by atoms with E-state index in [0.717, 1.165) is 53.2 Å². The van der Waals surface area contributed by atoms with Crippen LogP contribution in [0.25, 0.3) is 10.2 Å². The van der Waals surface area contributed by atoms with E-state index in [4.69, 9.17) is 9.72 Å². The summed E-state index contributed by atoms with van der Waals surface area (Å²) in [6.45, 7) is 2.20. The van der Waals surface area contributed by atoms with Crippen LogP contribution in [0.1, 0.15) is 48.9 Å². The van der Waals surface area contributed by atoms with E-state index < -0.39 is 10.0 Å². The number of anilines is 1. The third kappa shape index (κ3) is 5.46. The average molecular weight is 579 g/mol. The van der Waals surface area contributed by atoms with Crippen molar-refractivity contribution in [3.8, 4) is 0 Å². The molecule has 2 aromatic carbocycles. The van der Waals surface area contributed by atoms with Gasteiger partial charge in [-0.3, -0.25) is 9.69 Å². The van der Waals surface area contributed by atoms with Crippen molar-refractivity contribution < 1.29 is 17.9 Å². The maximum atomic E-state index is 13.7. The summed E-state index contributed by atoms with van der Waals surface area (Å²) in [5.74, 6) is -0.211. The Morgan fingerprint density at radius 2 is 1.83 bits per heavy atom. The number of carbonyl (C=O) groups excluding carboxylic acids is 1. The molecular weight excluding hydrogens is 550 g/mol. The Kier molecular flexibility index (Phi) is 7.55. The molecule has 1 aromatic heterocycles. The van der Waals surface area contributed by atoms with Crippen molar-refractivity contribution in [2.75, 3.05) is 31.1 Å². The van der Waals surface area contributed by atoms with Crippen LogP contribution in [0.4, 0.5) is 5.13 Å². The SMILES string of the molecule is O=C(c1ccc(S(=O)(=O)N2CCCCCC2)cc1)N(CC1CCCO1)c1nc2ccc(Br)cc2s1. The van der Waals surface area contributed by atoms with Crippen LogP contribution >= 0.6 is 27.3 Å². The van der Waals surface area contributed by atoms with Gasteiger partial charge in [0.05, 0.1) is 27.8 Å². The summed E-state index contributed by atoms with van der Waals surface area (Å²) >= 11 is 4.96. The number of ether oxygens (including phenoxy) is 1. The minimum Gasteiger partial charge on any atom is -0.376 e. The molecule has 0 spiro atoms. The fourth-order valence-corrected chi connectivity index (χ4v) is 7.64. The largest absolute Gasteiger partial charge is 0.376 e. The van der Waals surface area contributed by atoms with Gasteiger partial charge in [-0.25, -0.2) is 13.4 Å². The summed E-state index contributed by atoms with van der Waals surface area (Å²) in [5.41, 5.74) is 1.26. The maximum Gasteiger partial charge on any atom is 0.260 e. The molecule has 0 aliphatic carbocycles. The van der Waals surface area contributed by atoms with Gasteiger partial charge in [0.1, 0.15) is 0 Å². The lowest BCUT2D eigenvalue weighted by atomic mass is 10.2. The van der Waals surface area contributed by atoms with E-state index >= 15 is 0 Å². The van der Waals surface area contributed by atoms with Gasteiger partial charge in [-0.1, -0.05) is 40.1 Å². The highest BCUT2D eigenvalue weighted by molar-refractivity contribution is 9.10. The Hall–Kier alpha value is -1.85. The van der Waals surface area contributed by atoms with Crippen LogP contribution < -0.4 is 4.90 Å². The molecule has 3 aromatic rings. The van der Waals surface area contributed by atoms with Crippen LogP contribution in [-0.2, 0) is 14.8 Å². The van der Waals surface area contributed by atoms with E-state index in [1.807, 2.05) is 18.2 Å². The third-order valence-electron chi connectivity index (χ3n) is 6.53. The van der Waals surface area contributed by atoms with Crippen molar-refractivity contribution in [2.24, 2.45) is 0 Å². The van der Waals surface area contributed by atoms with Crippen molar-refractivity contribution in [3.63, 3.8) is 0 Å². The lowest BCUT2D eigenvalue weighted by Gasteiger charge is -2.23. The number of carbonyl (C=O) groups is 1. The number of rotatable bonds is 6. The summed E-state index contributed by atoms with van der Waals surface area (Å²) in [6.07, 6.45) is 5.71. The molecule has 0 N–H and O–H groups in total. The number of amides is 1. The molecule has 0 saturated carbocycles. The number of aromatic nitrogens is 1. The van der Waals surface area contributed by atoms with E-state index in [9.17, 15) is 13.2 Å². The molecule has 1 unspecified atom stereocenters. The second-order valence-electron chi connectivity index (χ2n) is 9.00. The van der Waals surface area contributed by atoms with Gasteiger partial charge in [0, 0.05) is 29.7 Å². The lowest BCUT2D eigenvalue weighted by Crippen LogP contribution is -2.37. The summed E-state index contributed by atoms with van der Waals surface area (Å²) in [6, 6.07) is 12.2. The molecule has 10 heteroatoms. The zero-order chi connectivity index (χ0) is 24.4. The number of fused-ring (bicyclic) bond motifs is 1. The summed E-state index contributed by atoms with van der Waals surface area (Å²) in [4.78, 5) is 20.3. The van der Waals surface area contributed by atoms with E-state index in [2.05, 4.69) is 15.9 Å². The molecule has 2 aliphatic rings. The summed E-state index contributed by atoms with van der Waals surface area (Å²) in [7, 11) is -3.57. The monoisotopic (exact) mass is 577 g/mol. The Morgan fingerprint density at radius 3 is 2.51 bits per heavy atom. The van der Waals surface area contributed by atoms with Crippen LogP contribution in [0, 0.1) is 0 Å². The average Bonchev–Trinajstić information content (AvgIpc) is 3.43. The number of sulfonamides is 1. The van der Waals surface area contributed by atoms with E-state index in [0.29, 0.717) is 36.9 Å². The molecule has 2 fully saturated rings. The molecule has 0 bridgehead atoms. The maximum absolute atomic E-state index is 13.7. The molecule has 1 amide bonds. The van der Waals surface area contributed by atoms with Crippen molar-refractivity contribution in [1.82, 2.24) is 9.29 Å². The van der Waals surface area contributed by atoms with Gasteiger partial charge in [0.25, 0.3) is 5.91 Å². The topological polar surface area (TPSA) is 79.8 Å². The first-order valence-corrected chi connectivity index (χ1v) is 15.1. The van der Waals surface area contributed by atoms with E-state index in [1.165, 1.54) is 11.3 Å². The Bertz CT molecular complexity index is 1300. The van der Waals surface area contributed by atoms with Gasteiger partial charge in [-0.05, 0) is 68.1 Å². The number of benzene rings is 2. The molecule has 2 aliphatic heterocycles. The number of halogens is 1. The number of nitrogens with zero attached hydrogens (tertiary/aromatic N) is 3. The summed E-state index contributed by atoms with van der Waals surface area (Å²) < 4.78 is 35.6. The Balaban J connectivity index is 1.42. The van der Waals surface area contributed by atoms with Crippen molar-refractivity contribution in [1.29, 1.82) is 0 Å². The number of hydrogen-bond acceptors (Lipinski definition) is 6. The van der Waals surface area contributed by atoms with Gasteiger partial charge in [-0.2, -0.15) is 4.31 Å². The predicted molar refractivity (Wildman–Crippen MR) is 142 cm³/mol. The first-order valence-electron chi connectivity index (χ1n) is 12.0. The normalized spacial score (nSPS) is 19.6. The highest BCUT2D eigenvalue weighted by Gasteiger charge is 2.29. The summed E-state index contributed by atoms with van der Waals surface area (Å²) in [5, 5.41) is 0.611. The molecular formula is C25H28BrN3O4S2. The van der Waals surface area contributed by atoms with Gasteiger partial charge in [-0.15, -0.1) is 0 Å². The van der Waals surface area contributed by atoms with Gasteiger partial charge in [0.2, 0.25) is 10.0 Å². The van der Waals surface area contributed by atoms with Crippen LogP contribution in [0.15, 0.2) is 51.8 Å². The quantitative estimate of drug-likeness (QED) is 0.389. The molecule has 7 nitrogen and oxygen atoms in total. The fourth-order valence-electron chi connectivity index (χ4n) is 4.60. The van der Waals surface area contributed by atoms with Crippen molar-refractivity contribution in [2.45, 2.75) is 49.5 Å². The predicted octanol–water partition coefficient (Wildman–Crippen LogP) is 5.45. The van der Waals surface area contributed by atoms with Gasteiger partial charge < -0.3 is 4.74 Å². The van der Waals surface area contributed by atoms with E-state index in [-0.39, 0.29) is 16.9 Å². The van der Waals surface area contributed by atoms with Gasteiger partial charge >= 0.3 is 0 Å². The minimum absolute atomic E-state index is 0.0413. The highest BCUT2D eigenvalue weighted by atomic mass is 79.9. The van der Waals surface area contributed by atoms with Crippen LogP contribution in [0.5, 0.6) is 0 Å². The molecule has 35 heavy (non-hydrogen) atoms. The first kappa shape index (κ1) is 24.8. The Morgan fingerprint density at radius 1 is 1.09 bits per heavy atom. The molecule has 1 atom stereocenters. The molecule has 2 saturated heterocycles. The molecule has 0 radical (unpaired) electrons. The lowest BCUT2D eigenvalue weighted by molar-refractivity contribution is 0.0917. The standard InChI is InChI=1S/C25H28BrN3O4S2/c26-19-9-12-22-23(16-19)34-25(27-22)29(17-20-6-5-15-33-20)24(30)18-7-10-21(11-8-18)35(31,32)28-13-3-1-2-4-14-28/h7-12,16,20H,1-6,13-15,17H2. The van der Waals surface area contributed by atoms with Gasteiger partial charge in [0.15, 0.2) is 5.13 Å². The Labute approximate surface area is 218 Å². The first-order chi connectivity index (χ1) is 16.9. The van der Waals surface area contributed by atoms with Crippen LogP contribution in [-0.4, -0.2) is 56.0 Å². The third-order valence-corrected chi connectivity index (χ3v) is 9.98. The van der Waals surface area contributed by atoms with E-state index in [1.54, 1.807) is 33.5 Å². The second kappa shape index (κ2) is 10.6. The molecule has 5 rings (SSSR count). The molecule has 186 valence electrons. The number of hydrogen-bond donors (Lipinski definition) is 0. The fraction of sp³-hybridized carbons (Fsp3) is 0.440. The van der Waals surface area contributed by atoms with Crippen molar-refractivity contribution in [3.05, 3.63) is 52.5 Å². The van der Waals surface area contributed by atoms with Crippen molar-refractivity contribution >= 4 is 58.5 Å². The van der Waals surface area contributed by atoms with Crippen LogP contribution in [0.3, 0.4) is 0 Å². The number of thiazole rings is 1. The minimum atomic E-state index is -3.57. The smallest absolute Gasteiger partial charge is 0.260 e. The zero-order valence-electron chi connectivity index (χ0n) is 19.4. The second-order valence-corrected chi connectivity index (χ2v) is 12.9. The van der Waals surface area contributed by atoms with Crippen LogP contribution in [0.2, 0.25) is 0 Å². The highest BCUT2D eigenvalue weighted by Crippen LogP contribution is 2.33. The zero-order valence-corrected chi connectivity index (χ0v) is 22.6. The molecule has 3 heterocycles.